The molecular weight excluding hydrogens is 225 g/mol. The van der Waals surface area contributed by atoms with Gasteiger partial charge in [-0.1, -0.05) is 0 Å². The molecule has 1 rings (SSSR count). The highest BCUT2D eigenvalue weighted by atomic mass is 19.1. The first-order chi connectivity index (χ1) is 8.10. The van der Waals surface area contributed by atoms with E-state index in [1.54, 1.807) is 14.0 Å². The number of hydrogen-bond donors (Lipinski definition) is 3. The SMILES string of the molecule is CCOc1ccc(F)cc1C(O)C(O)CNC. The van der Waals surface area contributed by atoms with Crippen LogP contribution in [-0.2, 0) is 0 Å². The third-order valence-electron chi connectivity index (χ3n) is 2.37. The van der Waals surface area contributed by atoms with E-state index in [9.17, 15) is 14.6 Å². The van der Waals surface area contributed by atoms with Crippen LogP contribution < -0.4 is 10.1 Å². The molecule has 0 saturated carbocycles. The fourth-order valence-electron chi connectivity index (χ4n) is 1.57. The maximum Gasteiger partial charge on any atom is 0.125 e. The Labute approximate surface area is 100 Å². The number of benzene rings is 1. The summed E-state index contributed by atoms with van der Waals surface area (Å²) < 4.78 is 18.4. The smallest absolute Gasteiger partial charge is 0.125 e. The van der Waals surface area contributed by atoms with Crippen LogP contribution in [0.25, 0.3) is 0 Å². The molecule has 0 bridgehead atoms. The van der Waals surface area contributed by atoms with Crippen LogP contribution in [0.4, 0.5) is 4.39 Å². The van der Waals surface area contributed by atoms with Crippen molar-refractivity contribution in [2.24, 2.45) is 0 Å². The van der Waals surface area contributed by atoms with Crippen molar-refractivity contribution in [3.63, 3.8) is 0 Å². The molecule has 0 amide bonds. The first kappa shape index (κ1) is 13.9. The van der Waals surface area contributed by atoms with Gasteiger partial charge < -0.3 is 20.3 Å². The zero-order valence-electron chi connectivity index (χ0n) is 9.98. The van der Waals surface area contributed by atoms with Gasteiger partial charge in [0.25, 0.3) is 0 Å². The maximum absolute atomic E-state index is 13.1. The van der Waals surface area contributed by atoms with Crippen molar-refractivity contribution < 1.29 is 19.3 Å². The number of hydrogen-bond acceptors (Lipinski definition) is 4. The highest BCUT2D eigenvalue weighted by Crippen LogP contribution is 2.28. The largest absolute Gasteiger partial charge is 0.493 e. The molecular formula is C12H18FNO3. The van der Waals surface area contributed by atoms with E-state index < -0.39 is 18.0 Å². The van der Waals surface area contributed by atoms with Gasteiger partial charge in [-0.25, -0.2) is 4.39 Å². The Kier molecular flexibility index (Phi) is 5.34. The van der Waals surface area contributed by atoms with Crippen LogP contribution in [0.3, 0.4) is 0 Å². The van der Waals surface area contributed by atoms with Gasteiger partial charge in [-0.3, -0.25) is 0 Å². The van der Waals surface area contributed by atoms with Gasteiger partial charge in [-0.15, -0.1) is 0 Å². The molecule has 17 heavy (non-hydrogen) atoms. The van der Waals surface area contributed by atoms with Crippen LogP contribution in [0.5, 0.6) is 5.75 Å². The van der Waals surface area contributed by atoms with Gasteiger partial charge >= 0.3 is 0 Å². The Morgan fingerprint density at radius 2 is 2.12 bits per heavy atom. The Hall–Kier alpha value is -1.17. The Bertz CT molecular complexity index is 360. The Morgan fingerprint density at radius 3 is 2.71 bits per heavy atom. The summed E-state index contributed by atoms with van der Waals surface area (Å²) in [5.41, 5.74) is 0.259. The summed E-state index contributed by atoms with van der Waals surface area (Å²) in [5, 5.41) is 22.3. The number of likely N-dealkylation sites (N-methyl/N-ethyl adjacent to an activating group) is 1. The number of ether oxygens (including phenoxy) is 1. The van der Waals surface area contributed by atoms with E-state index in [1.165, 1.54) is 18.2 Å². The lowest BCUT2D eigenvalue weighted by atomic mass is 10.0. The molecule has 0 aromatic heterocycles. The average Bonchev–Trinajstić information content (AvgIpc) is 2.31. The predicted octanol–water partition coefficient (Wildman–Crippen LogP) is 0.838. The summed E-state index contributed by atoms with van der Waals surface area (Å²) in [7, 11) is 1.66. The lowest BCUT2D eigenvalue weighted by molar-refractivity contribution is 0.0184. The predicted molar refractivity (Wildman–Crippen MR) is 62.5 cm³/mol. The van der Waals surface area contributed by atoms with Crippen molar-refractivity contribution in [3.8, 4) is 5.75 Å². The van der Waals surface area contributed by atoms with Crippen LogP contribution >= 0.6 is 0 Å². The first-order valence-corrected chi connectivity index (χ1v) is 5.53. The monoisotopic (exact) mass is 243 g/mol. The van der Waals surface area contributed by atoms with E-state index in [0.717, 1.165) is 0 Å². The van der Waals surface area contributed by atoms with Crippen LogP contribution in [0, 0.1) is 5.82 Å². The fourth-order valence-corrected chi connectivity index (χ4v) is 1.57. The topological polar surface area (TPSA) is 61.7 Å². The molecule has 0 aliphatic rings. The van der Waals surface area contributed by atoms with E-state index in [4.69, 9.17) is 4.74 Å². The van der Waals surface area contributed by atoms with Gasteiger partial charge in [0.1, 0.15) is 17.7 Å². The van der Waals surface area contributed by atoms with E-state index in [-0.39, 0.29) is 12.1 Å². The Balaban J connectivity index is 2.96. The van der Waals surface area contributed by atoms with Crippen LogP contribution in [0.1, 0.15) is 18.6 Å². The van der Waals surface area contributed by atoms with E-state index >= 15 is 0 Å². The van der Waals surface area contributed by atoms with Crippen molar-refractivity contribution in [1.29, 1.82) is 0 Å². The number of aliphatic hydroxyl groups is 2. The molecule has 0 radical (unpaired) electrons. The van der Waals surface area contributed by atoms with Crippen LogP contribution in [0.15, 0.2) is 18.2 Å². The summed E-state index contributed by atoms with van der Waals surface area (Å²) in [6.45, 7) is 2.42. The van der Waals surface area contributed by atoms with E-state index in [2.05, 4.69) is 5.32 Å². The molecule has 4 nitrogen and oxygen atoms in total. The molecule has 0 aliphatic heterocycles. The van der Waals surface area contributed by atoms with Gasteiger partial charge in [0.15, 0.2) is 0 Å². The van der Waals surface area contributed by atoms with E-state index in [1.807, 2.05) is 0 Å². The van der Waals surface area contributed by atoms with Gasteiger partial charge in [0.2, 0.25) is 0 Å². The van der Waals surface area contributed by atoms with Crippen molar-refractivity contribution in [2.45, 2.75) is 19.1 Å². The third kappa shape index (κ3) is 3.66. The van der Waals surface area contributed by atoms with Crippen molar-refractivity contribution in [1.82, 2.24) is 5.32 Å². The summed E-state index contributed by atoms with van der Waals surface area (Å²) >= 11 is 0. The molecule has 0 aliphatic carbocycles. The summed E-state index contributed by atoms with van der Waals surface area (Å²) in [6.07, 6.45) is -2.19. The summed E-state index contributed by atoms with van der Waals surface area (Å²) in [4.78, 5) is 0. The van der Waals surface area contributed by atoms with Crippen LogP contribution in [-0.4, -0.2) is 36.5 Å². The summed E-state index contributed by atoms with van der Waals surface area (Å²) in [6, 6.07) is 3.88. The molecule has 2 unspecified atom stereocenters. The van der Waals surface area contributed by atoms with Crippen molar-refractivity contribution in [2.75, 3.05) is 20.2 Å². The molecule has 0 heterocycles. The molecule has 0 saturated heterocycles. The van der Waals surface area contributed by atoms with Gasteiger partial charge in [0.05, 0.1) is 12.7 Å². The zero-order valence-corrected chi connectivity index (χ0v) is 9.98. The molecule has 0 fully saturated rings. The third-order valence-corrected chi connectivity index (χ3v) is 2.37. The highest BCUT2D eigenvalue weighted by molar-refractivity contribution is 5.36. The number of nitrogens with one attached hydrogen (secondary N) is 1. The molecule has 2 atom stereocenters. The number of aliphatic hydroxyl groups excluding tert-OH is 2. The zero-order chi connectivity index (χ0) is 12.8. The second-order valence-electron chi connectivity index (χ2n) is 3.69. The first-order valence-electron chi connectivity index (χ1n) is 5.53. The lowest BCUT2D eigenvalue weighted by Crippen LogP contribution is -2.29. The van der Waals surface area contributed by atoms with Crippen molar-refractivity contribution in [3.05, 3.63) is 29.6 Å². The minimum Gasteiger partial charge on any atom is -0.493 e. The highest BCUT2D eigenvalue weighted by Gasteiger charge is 2.21. The normalized spacial score (nSPS) is 14.4. The molecule has 3 N–H and O–H groups in total. The van der Waals surface area contributed by atoms with Gasteiger partial charge in [0, 0.05) is 12.1 Å². The molecule has 96 valence electrons. The maximum atomic E-state index is 13.1. The van der Waals surface area contributed by atoms with Crippen molar-refractivity contribution >= 4 is 0 Å². The average molecular weight is 243 g/mol. The number of rotatable bonds is 6. The molecule has 1 aromatic carbocycles. The minimum atomic E-state index is -1.18. The minimum absolute atomic E-state index is 0.212. The second kappa shape index (κ2) is 6.54. The lowest BCUT2D eigenvalue weighted by Gasteiger charge is -2.20. The summed E-state index contributed by atoms with van der Waals surface area (Å²) in [5.74, 6) is -0.0873. The van der Waals surface area contributed by atoms with E-state index in [0.29, 0.717) is 12.4 Å². The fraction of sp³-hybridized carbons (Fsp3) is 0.500. The number of halogens is 1. The molecule has 1 aromatic rings. The second-order valence-corrected chi connectivity index (χ2v) is 3.69. The molecule has 5 heteroatoms. The molecule has 0 spiro atoms. The van der Waals surface area contributed by atoms with Gasteiger partial charge in [-0.05, 0) is 32.2 Å². The Morgan fingerprint density at radius 1 is 1.41 bits per heavy atom. The standard InChI is InChI=1S/C12H18FNO3/c1-3-17-11-5-4-8(13)6-9(11)12(16)10(15)7-14-2/h4-6,10,12,14-16H,3,7H2,1-2H3. The quantitative estimate of drug-likeness (QED) is 0.693. The van der Waals surface area contributed by atoms with Gasteiger partial charge in [-0.2, -0.15) is 0 Å². The van der Waals surface area contributed by atoms with Crippen LogP contribution in [0.2, 0.25) is 0 Å².